The molecule has 1 heterocycles. The minimum absolute atomic E-state index is 0.620. The summed E-state index contributed by atoms with van der Waals surface area (Å²) in [5, 5.41) is 3.84. The Hall–Kier alpha value is -1.81. The number of ether oxygens (including phenoxy) is 1. The molecule has 5 heteroatoms. The van der Waals surface area contributed by atoms with Gasteiger partial charge in [0.1, 0.15) is 5.75 Å². The second-order valence-electron chi connectivity index (χ2n) is 4.50. The lowest BCUT2D eigenvalue weighted by Crippen LogP contribution is -2.05. The topological polar surface area (TPSA) is 47.0 Å². The monoisotopic (exact) mass is 291 g/mol. The molecule has 0 bridgehead atoms. The number of hydrogen-bond acceptors (Lipinski definition) is 4. The summed E-state index contributed by atoms with van der Waals surface area (Å²) in [6, 6.07) is 5.51. The van der Waals surface area contributed by atoms with Gasteiger partial charge in [-0.05, 0) is 37.1 Å². The minimum Gasteiger partial charge on any atom is -0.496 e. The zero-order chi connectivity index (χ0) is 14.5. The third-order valence-electron chi connectivity index (χ3n) is 2.92. The van der Waals surface area contributed by atoms with E-state index >= 15 is 0 Å². The van der Waals surface area contributed by atoms with E-state index in [1.807, 2.05) is 19.1 Å². The van der Waals surface area contributed by atoms with Crippen molar-refractivity contribution in [2.75, 3.05) is 19.0 Å². The van der Waals surface area contributed by atoms with Gasteiger partial charge >= 0.3 is 0 Å². The third kappa shape index (κ3) is 3.20. The summed E-state index contributed by atoms with van der Waals surface area (Å²) in [5.41, 5.74) is 2.69. The molecule has 0 spiro atoms. The fraction of sp³-hybridized carbons (Fsp3) is 0.333. The standard InChI is InChI=1S/C15H18ClN3O/c1-4-7-17-15-18-9-10(2)14(19-15)12-8-11(16)5-6-13(12)20-3/h5-6,8-9H,4,7H2,1-3H3,(H,17,18,19). The molecular formula is C15H18ClN3O. The van der Waals surface area contributed by atoms with Crippen LogP contribution in [0.4, 0.5) is 5.95 Å². The van der Waals surface area contributed by atoms with Crippen LogP contribution in [0.2, 0.25) is 5.02 Å². The molecule has 1 N–H and O–H groups in total. The van der Waals surface area contributed by atoms with Gasteiger partial charge in [0.2, 0.25) is 5.95 Å². The quantitative estimate of drug-likeness (QED) is 0.906. The van der Waals surface area contributed by atoms with Crippen molar-refractivity contribution in [3.8, 4) is 17.0 Å². The van der Waals surface area contributed by atoms with Crippen molar-refractivity contribution in [1.29, 1.82) is 0 Å². The van der Waals surface area contributed by atoms with Crippen LogP contribution in [0, 0.1) is 6.92 Å². The number of nitrogens with one attached hydrogen (secondary N) is 1. The van der Waals surface area contributed by atoms with Crippen molar-refractivity contribution in [3.05, 3.63) is 35.0 Å². The Labute approximate surface area is 124 Å². The van der Waals surface area contributed by atoms with Crippen LogP contribution < -0.4 is 10.1 Å². The fourth-order valence-corrected chi connectivity index (χ4v) is 2.07. The Morgan fingerprint density at radius 3 is 2.85 bits per heavy atom. The molecule has 106 valence electrons. The highest BCUT2D eigenvalue weighted by molar-refractivity contribution is 6.31. The van der Waals surface area contributed by atoms with E-state index in [2.05, 4.69) is 22.2 Å². The van der Waals surface area contributed by atoms with Gasteiger partial charge in [-0.1, -0.05) is 18.5 Å². The van der Waals surface area contributed by atoms with Gasteiger partial charge < -0.3 is 10.1 Å². The average molecular weight is 292 g/mol. The Morgan fingerprint density at radius 1 is 1.35 bits per heavy atom. The molecule has 2 aromatic rings. The number of aromatic nitrogens is 2. The van der Waals surface area contributed by atoms with Gasteiger partial charge in [0.05, 0.1) is 12.8 Å². The molecule has 1 aromatic carbocycles. The predicted molar refractivity (Wildman–Crippen MR) is 82.5 cm³/mol. The number of rotatable bonds is 5. The van der Waals surface area contributed by atoms with Crippen LogP contribution >= 0.6 is 11.6 Å². The average Bonchev–Trinajstić information content (AvgIpc) is 2.46. The first kappa shape index (κ1) is 14.6. The van der Waals surface area contributed by atoms with Gasteiger partial charge in [-0.15, -0.1) is 0 Å². The van der Waals surface area contributed by atoms with Crippen molar-refractivity contribution in [2.24, 2.45) is 0 Å². The zero-order valence-electron chi connectivity index (χ0n) is 11.9. The van der Waals surface area contributed by atoms with E-state index in [1.165, 1.54) is 0 Å². The van der Waals surface area contributed by atoms with E-state index in [1.54, 1.807) is 19.4 Å². The molecule has 0 atom stereocenters. The van der Waals surface area contributed by atoms with Crippen LogP contribution in [0.5, 0.6) is 5.75 Å². The second kappa shape index (κ2) is 6.57. The molecule has 0 amide bonds. The minimum atomic E-state index is 0.620. The number of aryl methyl sites for hydroxylation is 1. The summed E-state index contributed by atoms with van der Waals surface area (Å²) in [5.74, 6) is 1.37. The SMILES string of the molecule is CCCNc1ncc(C)c(-c2cc(Cl)ccc2OC)n1. The Bertz CT molecular complexity index is 602. The highest BCUT2D eigenvalue weighted by Crippen LogP contribution is 2.33. The third-order valence-corrected chi connectivity index (χ3v) is 3.16. The highest BCUT2D eigenvalue weighted by Gasteiger charge is 2.12. The van der Waals surface area contributed by atoms with E-state index in [-0.39, 0.29) is 0 Å². The Balaban J connectivity index is 2.48. The van der Waals surface area contributed by atoms with Gasteiger partial charge in [0, 0.05) is 23.3 Å². The molecule has 1 aromatic heterocycles. The van der Waals surface area contributed by atoms with E-state index in [0.717, 1.165) is 35.5 Å². The van der Waals surface area contributed by atoms with Gasteiger partial charge in [-0.2, -0.15) is 0 Å². The molecule has 0 aliphatic heterocycles. The predicted octanol–water partition coefficient (Wildman–Crippen LogP) is 3.94. The molecule has 0 saturated heterocycles. The van der Waals surface area contributed by atoms with Crippen LogP contribution in [0.1, 0.15) is 18.9 Å². The van der Waals surface area contributed by atoms with E-state index in [9.17, 15) is 0 Å². The molecule has 0 unspecified atom stereocenters. The first-order chi connectivity index (χ1) is 9.65. The molecule has 4 nitrogen and oxygen atoms in total. The molecule has 0 aliphatic carbocycles. The zero-order valence-corrected chi connectivity index (χ0v) is 12.7. The number of anilines is 1. The molecule has 0 saturated carbocycles. The first-order valence-electron chi connectivity index (χ1n) is 6.57. The lowest BCUT2D eigenvalue weighted by molar-refractivity contribution is 0.416. The van der Waals surface area contributed by atoms with Gasteiger partial charge in [-0.3, -0.25) is 0 Å². The maximum absolute atomic E-state index is 6.08. The largest absolute Gasteiger partial charge is 0.496 e. The summed E-state index contributed by atoms with van der Waals surface area (Å²) in [4.78, 5) is 8.85. The summed E-state index contributed by atoms with van der Waals surface area (Å²) < 4.78 is 5.39. The lowest BCUT2D eigenvalue weighted by atomic mass is 10.1. The highest BCUT2D eigenvalue weighted by atomic mass is 35.5. The molecular weight excluding hydrogens is 274 g/mol. The van der Waals surface area contributed by atoms with Gasteiger partial charge in [0.15, 0.2) is 0 Å². The number of nitrogens with zero attached hydrogens (tertiary/aromatic N) is 2. The molecule has 2 rings (SSSR count). The van der Waals surface area contributed by atoms with Crippen molar-refractivity contribution < 1.29 is 4.74 Å². The van der Waals surface area contributed by atoms with Crippen LogP contribution in [-0.4, -0.2) is 23.6 Å². The molecule has 20 heavy (non-hydrogen) atoms. The first-order valence-corrected chi connectivity index (χ1v) is 6.95. The van der Waals surface area contributed by atoms with Crippen molar-refractivity contribution in [1.82, 2.24) is 9.97 Å². The smallest absolute Gasteiger partial charge is 0.223 e. The van der Waals surface area contributed by atoms with Crippen molar-refractivity contribution >= 4 is 17.5 Å². The summed E-state index contributed by atoms with van der Waals surface area (Å²) in [6.07, 6.45) is 2.83. The van der Waals surface area contributed by atoms with Crippen molar-refractivity contribution in [3.63, 3.8) is 0 Å². The summed E-state index contributed by atoms with van der Waals surface area (Å²) >= 11 is 6.08. The van der Waals surface area contributed by atoms with E-state index in [0.29, 0.717) is 11.0 Å². The maximum atomic E-state index is 6.08. The van der Waals surface area contributed by atoms with Crippen LogP contribution in [0.15, 0.2) is 24.4 Å². The van der Waals surface area contributed by atoms with Crippen LogP contribution in [0.3, 0.4) is 0 Å². The molecule has 0 radical (unpaired) electrons. The maximum Gasteiger partial charge on any atom is 0.223 e. The number of benzene rings is 1. The summed E-state index contributed by atoms with van der Waals surface area (Å²) in [7, 11) is 1.64. The van der Waals surface area contributed by atoms with Gasteiger partial charge in [-0.25, -0.2) is 9.97 Å². The van der Waals surface area contributed by atoms with E-state index in [4.69, 9.17) is 16.3 Å². The fourth-order valence-electron chi connectivity index (χ4n) is 1.90. The molecule has 0 aliphatic rings. The van der Waals surface area contributed by atoms with Crippen LogP contribution in [-0.2, 0) is 0 Å². The number of halogens is 1. The van der Waals surface area contributed by atoms with Crippen molar-refractivity contribution in [2.45, 2.75) is 20.3 Å². The van der Waals surface area contributed by atoms with Crippen LogP contribution in [0.25, 0.3) is 11.3 Å². The number of methoxy groups -OCH3 is 1. The lowest BCUT2D eigenvalue weighted by Gasteiger charge is -2.12. The summed E-state index contributed by atoms with van der Waals surface area (Å²) in [6.45, 7) is 4.91. The second-order valence-corrected chi connectivity index (χ2v) is 4.93. The Kier molecular flexibility index (Phi) is 4.79. The molecule has 0 fully saturated rings. The number of hydrogen-bond donors (Lipinski definition) is 1. The Morgan fingerprint density at radius 2 is 2.15 bits per heavy atom. The van der Waals surface area contributed by atoms with Gasteiger partial charge in [0.25, 0.3) is 0 Å². The normalized spacial score (nSPS) is 10.4. The van der Waals surface area contributed by atoms with E-state index < -0.39 is 0 Å².